The maximum Gasteiger partial charge on any atom is 0.251 e. The fourth-order valence-corrected chi connectivity index (χ4v) is 2.99. The van der Waals surface area contributed by atoms with Crippen LogP contribution in [-0.4, -0.2) is 28.6 Å². The Hall–Kier alpha value is -3.08. The molecule has 2 aromatic carbocycles. The smallest absolute Gasteiger partial charge is 0.251 e. The number of amides is 1. The summed E-state index contributed by atoms with van der Waals surface area (Å²) in [7, 11) is 0. The summed E-state index contributed by atoms with van der Waals surface area (Å²) in [6.45, 7) is 8.10. The second-order valence-electron chi connectivity index (χ2n) is 7.78. The van der Waals surface area contributed by atoms with E-state index in [0.29, 0.717) is 18.7 Å². The van der Waals surface area contributed by atoms with E-state index < -0.39 is 0 Å². The molecule has 1 aromatic heterocycles. The van der Waals surface area contributed by atoms with Crippen LogP contribution in [0.1, 0.15) is 42.3 Å². The summed E-state index contributed by atoms with van der Waals surface area (Å²) in [4.78, 5) is 16.4. The molecule has 0 aliphatic carbocycles. The van der Waals surface area contributed by atoms with E-state index in [2.05, 4.69) is 37.1 Å². The molecule has 0 bridgehead atoms. The van der Waals surface area contributed by atoms with Crippen LogP contribution in [0.4, 0.5) is 0 Å². The zero-order valence-electron chi connectivity index (χ0n) is 16.7. The average molecular weight is 377 g/mol. The Kier molecular flexibility index (Phi) is 6.14. The molecule has 1 heterocycles. The highest BCUT2D eigenvalue weighted by Crippen LogP contribution is 2.30. The van der Waals surface area contributed by atoms with Gasteiger partial charge >= 0.3 is 0 Å². The topological polar surface area (TPSA) is 56.1 Å². The average Bonchev–Trinajstić information content (AvgIpc) is 3.18. The molecule has 0 atom stereocenters. The molecular weight excluding hydrogens is 350 g/mol. The van der Waals surface area contributed by atoms with Crippen LogP contribution in [0.15, 0.2) is 67.3 Å². The van der Waals surface area contributed by atoms with Crippen LogP contribution in [0.2, 0.25) is 0 Å². The zero-order chi connectivity index (χ0) is 20.0. The van der Waals surface area contributed by atoms with Crippen molar-refractivity contribution in [2.24, 2.45) is 0 Å². The summed E-state index contributed by atoms with van der Waals surface area (Å²) < 4.78 is 7.89. The first kappa shape index (κ1) is 19.7. The number of para-hydroxylation sites is 1. The van der Waals surface area contributed by atoms with E-state index >= 15 is 0 Å². The monoisotopic (exact) mass is 377 g/mol. The second kappa shape index (κ2) is 8.74. The maximum absolute atomic E-state index is 12.3. The van der Waals surface area contributed by atoms with Gasteiger partial charge in [0.05, 0.1) is 12.9 Å². The van der Waals surface area contributed by atoms with Gasteiger partial charge in [-0.3, -0.25) is 4.79 Å². The van der Waals surface area contributed by atoms with Gasteiger partial charge < -0.3 is 14.6 Å². The van der Waals surface area contributed by atoms with E-state index in [1.807, 2.05) is 53.2 Å². The van der Waals surface area contributed by atoms with Crippen LogP contribution < -0.4 is 10.1 Å². The summed E-state index contributed by atoms with van der Waals surface area (Å²) in [6.07, 6.45) is 5.45. The standard InChI is InChI=1S/C23H27N3O2/c1-23(2,3)20-6-4-5-7-21(20)28-15-13-25-22(27)19-10-8-18(9-11-19)16-26-14-12-24-17-26/h4-12,14,17H,13,15-16H2,1-3H3,(H,25,27). The maximum atomic E-state index is 12.3. The first-order valence-electron chi connectivity index (χ1n) is 9.49. The van der Waals surface area contributed by atoms with Crippen LogP contribution in [-0.2, 0) is 12.0 Å². The van der Waals surface area contributed by atoms with Crippen LogP contribution in [0.25, 0.3) is 0 Å². The number of nitrogens with zero attached hydrogens (tertiary/aromatic N) is 2. The van der Waals surface area contributed by atoms with Crippen molar-refractivity contribution in [3.63, 3.8) is 0 Å². The Labute approximate surface area is 166 Å². The molecule has 1 amide bonds. The van der Waals surface area contributed by atoms with Crippen LogP contribution in [0.5, 0.6) is 5.75 Å². The van der Waals surface area contributed by atoms with E-state index in [0.717, 1.165) is 23.4 Å². The van der Waals surface area contributed by atoms with Crippen LogP contribution >= 0.6 is 0 Å². The molecule has 0 fully saturated rings. The van der Waals surface area contributed by atoms with E-state index in [1.165, 1.54) is 0 Å². The molecule has 0 aliphatic rings. The normalized spacial score (nSPS) is 11.2. The Bertz CT molecular complexity index is 894. The third-order valence-electron chi connectivity index (χ3n) is 4.48. The lowest BCUT2D eigenvalue weighted by Crippen LogP contribution is -2.28. The molecule has 3 rings (SSSR count). The highest BCUT2D eigenvalue weighted by Gasteiger charge is 2.18. The van der Waals surface area contributed by atoms with Gasteiger partial charge in [-0.15, -0.1) is 0 Å². The summed E-state index contributed by atoms with van der Waals surface area (Å²) in [5, 5.41) is 2.91. The summed E-state index contributed by atoms with van der Waals surface area (Å²) in [5.74, 6) is 0.773. The lowest BCUT2D eigenvalue weighted by Gasteiger charge is -2.22. The van der Waals surface area contributed by atoms with Gasteiger partial charge in [0, 0.05) is 24.5 Å². The highest BCUT2D eigenvalue weighted by molar-refractivity contribution is 5.94. The molecule has 28 heavy (non-hydrogen) atoms. The molecule has 0 aliphatic heterocycles. The third kappa shape index (κ3) is 5.22. The van der Waals surface area contributed by atoms with Crippen molar-refractivity contribution < 1.29 is 9.53 Å². The molecule has 0 spiro atoms. The molecule has 3 aromatic rings. The quantitative estimate of drug-likeness (QED) is 0.632. The molecule has 0 saturated carbocycles. The van der Waals surface area contributed by atoms with Crippen molar-refractivity contribution in [3.05, 3.63) is 83.9 Å². The molecule has 0 radical (unpaired) electrons. The van der Waals surface area contributed by atoms with Gasteiger partial charge in [-0.1, -0.05) is 51.1 Å². The fourth-order valence-electron chi connectivity index (χ4n) is 2.99. The zero-order valence-corrected chi connectivity index (χ0v) is 16.7. The molecular formula is C23H27N3O2. The largest absolute Gasteiger partial charge is 0.491 e. The van der Waals surface area contributed by atoms with Gasteiger partial charge in [-0.25, -0.2) is 4.98 Å². The Morgan fingerprint density at radius 1 is 1.11 bits per heavy atom. The van der Waals surface area contributed by atoms with E-state index in [1.54, 1.807) is 12.5 Å². The SMILES string of the molecule is CC(C)(C)c1ccccc1OCCNC(=O)c1ccc(Cn2ccnc2)cc1. The number of ether oxygens (including phenoxy) is 1. The minimum atomic E-state index is -0.0955. The lowest BCUT2D eigenvalue weighted by atomic mass is 9.86. The second-order valence-corrected chi connectivity index (χ2v) is 7.78. The Morgan fingerprint density at radius 2 is 1.86 bits per heavy atom. The van der Waals surface area contributed by atoms with Crippen molar-refractivity contribution >= 4 is 5.91 Å². The van der Waals surface area contributed by atoms with E-state index in [-0.39, 0.29) is 11.3 Å². The number of carbonyl (C=O) groups excluding carboxylic acids is 1. The first-order valence-corrected chi connectivity index (χ1v) is 9.49. The number of benzene rings is 2. The van der Waals surface area contributed by atoms with Gasteiger partial charge in [0.1, 0.15) is 12.4 Å². The predicted octanol–water partition coefficient (Wildman–Crippen LogP) is 4.04. The number of rotatable bonds is 7. The van der Waals surface area contributed by atoms with Crippen molar-refractivity contribution in [1.82, 2.24) is 14.9 Å². The van der Waals surface area contributed by atoms with Crippen LogP contribution in [0.3, 0.4) is 0 Å². The van der Waals surface area contributed by atoms with Gasteiger partial charge in [0.25, 0.3) is 5.91 Å². The van der Waals surface area contributed by atoms with E-state index in [9.17, 15) is 4.79 Å². The molecule has 5 nitrogen and oxygen atoms in total. The first-order chi connectivity index (χ1) is 13.4. The minimum absolute atomic E-state index is 0.0122. The number of imidazole rings is 1. The van der Waals surface area contributed by atoms with E-state index in [4.69, 9.17) is 4.74 Å². The van der Waals surface area contributed by atoms with Crippen molar-refractivity contribution in [1.29, 1.82) is 0 Å². The summed E-state index contributed by atoms with van der Waals surface area (Å²) in [6, 6.07) is 15.7. The van der Waals surface area contributed by atoms with Crippen molar-refractivity contribution in [2.75, 3.05) is 13.2 Å². The molecule has 5 heteroatoms. The number of aromatic nitrogens is 2. The summed E-state index contributed by atoms with van der Waals surface area (Å²) in [5.41, 5.74) is 2.94. The predicted molar refractivity (Wildman–Crippen MR) is 111 cm³/mol. The van der Waals surface area contributed by atoms with Gasteiger partial charge in [-0.2, -0.15) is 0 Å². The lowest BCUT2D eigenvalue weighted by molar-refractivity contribution is 0.0947. The van der Waals surface area contributed by atoms with Crippen molar-refractivity contribution in [3.8, 4) is 5.75 Å². The van der Waals surface area contributed by atoms with Gasteiger partial charge in [0.2, 0.25) is 0 Å². The molecule has 1 N–H and O–H groups in total. The molecule has 0 unspecified atom stereocenters. The fraction of sp³-hybridized carbons (Fsp3) is 0.304. The Balaban J connectivity index is 1.48. The highest BCUT2D eigenvalue weighted by atomic mass is 16.5. The number of carbonyl (C=O) groups is 1. The summed E-state index contributed by atoms with van der Waals surface area (Å²) >= 11 is 0. The number of hydrogen-bond donors (Lipinski definition) is 1. The van der Waals surface area contributed by atoms with Crippen molar-refractivity contribution in [2.45, 2.75) is 32.7 Å². The molecule has 146 valence electrons. The minimum Gasteiger partial charge on any atom is -0.491 e. The molecule has 0 saturated heterocycles. The number of hydrogen-bond acceptors (Lipinski definition) is 3. The Morgan fingerprint density at radius 3 is 2.54 bits per heavy atom. The van der Waals surface area contributed by atoms with Gasteiger partial charge in [0.15, 0.2) is 0 Å². The third-order valence-corrected chi connectivity index (χ3v) is 4.48. The number of nitrogens with one attached hydrogen (secondary N) is 1. The van der Waals surface area contributed by atoms with Crippen LogP contribution in [0, 0.1) is 0 Å². The van der Waals surface area contributed by atoms with Gasteiger partial charge in [-0.05, 0) is 34.7 Å².